The number of halogens is 1. The van der Waals surface area contributed by atoms with Gasteiger partial charge in [0.2, 0.25) is 5.91 Å². The molecule has 0 aliphatic heterocycles. The van der Waals surface area contributed by atoms with Crippen molar-refractivity contribution >= 4 is 39.9 Å². The van der Waals surface area contributed by atoms with Gasteiger partial charge in [0.1, 0.15) is 0 Å². The van der Waals surface area contributed by atoms with Crippen LogP contribution in [0.15, 0.2) is 60.0 Å². The maximum atomic E-state index is 12.4. The zero-order valence-corrected chi connectivity index (χ0v) is 16.3. The highest BCUT2D eigenvalue weighted by Gasteiger charge is 2.14. The third-order valence-electron chi connectivity index (χ3n) is 3.90. The van der Waals surface area contributed by atoms with Crippen LogP contribution < -0.4 is 5.32 Å². The molecule has 7 heteroatoms. The van der Waals surface area contributed by atoms with Gasteiger partial charge in [-0.2, -0.15) is 0 Å². The van der Waals surface area contributed by atoms with Gasteiger partial charge in [-0.1, -0.05) is 41.9 Å². The van der Waals surface area contributed by atoms with Crippen LogP contribution >= 0.6 is 22.9 Å². The van der Waals surface area contributed by atoms with Crippen molar-refractivity contribution in [2.24, 2.45) is 0 Å². The monoisotopic (exact) mass is 399 g/mol. The molecule has 5 nitrogen and oxygen atoms in total. The summed E-state index contributed by atoms with van der Waals surface area (Å²) in [6.07, 6.45) is 0.182. The Morgan fingerprint density at radius 2 is 1.81 bits per heavy atom. The number of carbonyl (C=O) groups excluding carboxylic acids is 2. The summed E-state index contributed by atoms with van der Waals surface area (Å²) in [5.41, 5.74) is 2.20. The minimum absolute atomic E-state index is 0.0452. The lowest BCUT2D eigenvalue weighted by atomic mass is 10.2. The van der Waals surface area contributed by atoms with Crippen molar-refractivity contribution in [1.29, 1.82) is 0 Å². The second kappa shape index (κ2) is 8.79. The quantitative estimate of drug-likeness (QED) is 0.674. The lowest BCUT2D eigenvalue weighted by molar-refractivity contribution is -0.129. The fourth-order valence-electron chi connectivity index (χ4n) is 2.45. The fourth-order valence-corrected chi connectivity index (χ4v) is 3.28. The van der Waals surface area contributed by atoms with Crippen LogP contribution in [0.1, 0.15) is 21.6 Å². The Morgan fingerprint density at radius 1 is 1.11 bits per heavy atom. The normalized spacial score (nSPS) is 10.4. The molecule has 1 aromatic heterocycles. The maximum absolute atomic E-state index is 12.4. The van der Waals surface area contributed by atoms with E-state index in [0.29, 0.717) is 28.0 Å². The van der Waals surface area contributed by atoms with Crippen LogP contribution in [-0.2, 0) is 17.8 Å². The van der Waals surface area contributed by atoms with Crippen molar-refractivity contribution in [3.63, 3.8) is 0 Å². The first-order valence-corrected chi connectivity index (χ1v) is 9.56. The number of amides is 2. The van der Waals surface area contributed by atoms with Crippen LogP contribution in [0.2, 0.25) is 5.02 Å². The molecule has 0 fully saturated rings. The highest BCUT2D eigenvalue weighted by atomic mass is 35.5. The molecule has 0 radical (unpaired) electrons. The average Bonchev–Trinajstić information content (AvgIpc) is 3.11. The molecule has 138 valence electrons. The highest BCUT2D eigenvalue weighted by molar-refractivity contribution is 7.14. The number of carbonyl (C=O) groups is 2. The smallest absolute Gasteiger partial charge is 0.257 e. The van der Waals surface area contributed by atoms with E-state index in [-0.39, 0.29) is 18.2 Å². The lowest BCUT2D eigenvalue weighted by Gasteiger charge is -2.16. The van der Waals surface area contributed by atoms with Gasteiger partial charge in [0.25, 0.3) is 5.91 Å². The van der Waals surface area contributed by atoms with Gasteiger partial charge in [-0.05, 0) is 29.8 Å². The number of likely N-dealkylation sites (N-methyl/N-ethyl adjacent to an activating group) is 1. The second-order valence-electron chi connectivity index (χ2n) is 6.02. The van der Waals surface area contributed by atoms with Gasteiger partial charge in [0, 0.05) is 29.6 Å². The van der Waals surface area contributed by atoms with E-state index in [1.807, 2.05) is 18.2 Å². The van der Waals surface area contributed by atoms with Crippen LogP contribution in [0.3, 0.4) is 0 Å². The molecule has 0 unspecified atom stereocenters. The molecule has 0 saturated carbocycles. The number of rotatable bonds is 6. The van der Waals surface area contributed by atoms with E-state index in [1.165, 1.54) is 11.3 Å². The summed E-state index contributed by atoms with van der Waals surface area (Å²) < 4.78 is 0. The van der Waals surface area contributed by atoms with E-state index in [2.05, 4.69) is 10.3 Å². The van der Waals surface area contributed by atoms with E-state index >= 15 is 0 Å². The average molecular weight is 400 g/mol. The van der Waals surface area contributed by atoms with E-state index in [1.54, 1.807) is 53.7 Å². The number of thiazole rings is 1. The van der Waals surface area contributed by atoms with Gasteiger partial charge < -0.3 is 4.90 Å². The van der Waals surface area contributed by atoms with Crippen molar-refractivity contribution in [3.05, 3.63) is 81.8 Å². The number of hydrogen-bond acceptors (Lipinski definition) is 4. The molecule has 1 N–H and O–H groups in total. The predicted molar refractivity (Wildman–Crippen MR) is 108 cm³/mol. The van der Waals surface area contributed by atoms with Crippen molar-refractivity contribution in [2.75, 3.05) is 12.4 Å². The zero-order chi connectivity index (χ0) is 19.2. The first-order valence-electron chi connectivity index (χ1n) is 8.30. The van der Waals surface area contributed by atoms with Crippen molar-refractivity contribution in [2.45, 2.75) is 13.0 Å². The van der Waals surface area contributed by atoms with Crippen molar-refractivity contribution in [1.82, 2.24) is 9.88 Å². The summed E-state index contributed by atoms with van der Waals surface area (Å²) in [4.78, 5) is 30.5. The van der Waals surface area contributed by atoms with Crippen molar-refractivity contribution < 1.29 is 9.59 Å². The third-order valence-corrected chi connectivity index (χ3v) is 4.96. The first-order chi connectivity index (χ1) is 13.0. The molecule has 1 heterocycles. The molecule has 3 aromatic rings. The molecule has 0 saturated heterocycles. The molecule has 0 spiro atoms. The summed E-state index contributed by atoms with van der Waals surface area (Å²) >= 11 is 7.18. The van der Waals surface area contributed by atoms with Crippen LogP contribution in [0.4, 0.5) is 5.13 Å². The zero-order valence-electron chi connectivity index (χ0n) is 14.7. The van der Waals surface area contributed by atoms with Crippen molar-refractivity contribution in [3.8, 4) is 0 Å². The second-order valence-corrected chi connectivity index (χ2v) is 7.31. The molecule has 2 amide bonds. The number of benzene rings is 2. The summed E-state index contributed by atoms with van der Waals surface area (Å²) in [6, 6.07) is 16.3. The summed E-state index contributed by atoms with van der Waals surface area (Å²) in [5.74, 6) is -0.265. The lowest BCUT2D eigenvalue weighted by Crippen LogP contribution is -2.27. The van der Waals surface area contributed by atoms with Crippen LogP contribution in [0, 0.1) is 0 Å². The number of nitrogens with one attached hydrogen (secondary N) is 1. The minimum Gasteiger partial charge on any atom is -0.341 e. The number of nitrogens with zero attached hydrogens (tertiary/aromatic N) is 2. The van der Waals surface area contributed by atoms with Gasteiger partial charge in [-0.15, -0.1) is 11.3 Å². The molecule has 3 rings (SSSR count). The van der Waals surface area contributed by atoms with E-state index in [4.69, 9.17) is 11.6 Å². The Balaban J connectivity index is 1.55. The summed E-state index contributed by atoms with van der Waals surface area (Å²) in [7, 11) is 1.75. The summed E-state index contributed by atoms with van der Waals surface area (Å²) in [6.45, 7) is 0.498. The fraction of sp³-hybridized carbons (Fsp3) is 0.150. The Labute approximate surface area is 166 Å². The Hall–Kier alpha value is -2.70. The van der Waals surface area contributed by atoms with E-state index in [9.17, 15) is 9.59 Å². The predicted octanol–water partition coefficient (Wildman–Crippen LogP) is 4.25. The van der Waals surface area contributed by atoms with Gasteiger partial charge >= 0.3 is 0 Å². The number of aromatic nitrogens is 1. The van der Waals surface area contributed by atoms with Gasteiger partial charge in [-0.25, -0.2) is 4.98 Å². The Kier molecular flexibility index (Phi) is 6.21. The Morgan fingerprint density at radius 3 is 2.52 bits per heavy atom. The Bertz CT molecular complexity index is 926. The number of anilines is 1. The van der Waals surface area contributed by atoms with E-state index in [0.717, 1.165) is 5.56 Å². The molecule has 27 heavy (non-hydrogen) atoms. The first kappa shape index (κ1) is 19.1. The highest BCUT2D eigenvalue weighted by Crippen LogP contribution is 2.18. The van der Waals surface area contributed by atoms with Crippen LogP contribution in [0.25, 0.3) is 0 Å². The number of hydrogen-bond donors (Lipinski definition) is 1. The van der Waals surface area contributed by atoms with Gasteiger partial charge in [0.05, 0.1) is 12.1 Å². The molecule has 0 aliphatic carbocycles. The molecule has 0 aliphatic rings. The van der Waals surface area contributed by atoms with Crippen LogP contribution in [-0.4, -0.2) is 28.7 Å². The summed E-state index contributed by atoms with van der Waals surface area (Å²) in [5, 5.41) is 5.69. The molecule has 0 atom stereocenters. The minimum atomic E-state index is -0.220. The standard InChI is InChI=1S/C20H18ClN3O2S/c1-24(12-14-7-9-16(21)10-8-14)18(25)11-17-13-27-20(22-17)23-19(26)15-5-3-2-4-6-15/h2-10,13H,11-12H2,1H3,(H,22,23,26). The molecule has 2 aromatic carbocycles. The molecular formula is C20H18ClN3O2S. The van der Waals surface area contributed by atoms with Crippen LogP contribution in [0.5, 0.6) is 0 Å². The van der Waals surface area contributed by atoms with E-state index < -0.39 is 0 Å². The topological polar surface area (TPSA) is 62.3 Å². The largest absolute Gasteiger partial charge is 0.341 e. The molecular weight excluding hydrogens is 382 g/mol. The SMILES string of the molecule is CN(Cc1ccc(Cl)cc1)C(=O)Cc1csc(NC(=O)c2ccccc2)n1. The molecule has 0 bridgehead atoms. The third kappa shape index (κ3) is 5.39. The van der Waals surface area contributed by atoms with Gasteiger partial charge in [0.15, 0.2) is 5.13 Å². The maximum Gasteiger partial charge on any atom is 0.257 e. The van der Waals surface area contributed by atoms with Gasteiger partial charge in [-0.3, -0.25) is 14.9 Å².